The van der Waals surface area contributed by atoms with Gasteiger partial charge in [-0.05, 0) is 25.7 Å². The van der Waals surface area contributed by atoms with Crippen LogP contribution in [0.2, 0.25) is 0 Å². The molecule has 0 unspecified atom stereocenters. The van der Waals surface area contributed by atoms with E-state index in [1.165, 1.54) is 19.3 Å². The van der Waals surface area contributed by atoms with E-state index in [2.05, 4.69) is 0 Å². The van der Waals surface area contributed by atoms with Crippen molar-refractivity contribution in [3.05, 3.63) is 11.8 Å². The lowest BCUT2D eigenvalue weighted by Gasteiger charge is -2.33. The van der Waals surface area contributed by atoms with E-state index < -0.39 is 0 Å². The van der Waals surface area contributed by atoms with E-state index in [0.29, 0.717) is 24.2 Å². The van der Waals surface area contributed by atoms with Crippen LogP contribution in [0.15, 0.2) is 11.8 Å². The average molecular weight is 194 g/mol. The fourth-order valence-corrected chi connectivity index (χ4v) is 2.70. The van der Waals surface area contributed by atoms with Crippen LogP contribution in [-0.2, 0) is 9.53 Å². The van der Waals surface area contributed by atoms with Crippen LogP contribution in [0, 0.1) is 11.8 Å². The lowest BCUT2D eigenvalue weighted by molar-refractivity contribution is -0.122. The lowest BCUT2D eigenvalue weighted by Crippen LogP contribution is -2.30. The molecule has 1 saturated carbocycles. The molecule has 0 spiro atoms. The Morgan fingerprint density at radius 3 is 3.00 bits per heavy atom. The fourth-order valence-electron chi connectivity index (χ4n) is 2.70. The molecule has 0 radical (unpaired) electrons. The molecule has 0 heterocycles. The van der Waals surface area contributed by atoms with Crippen molar-refractivity contribution in [1.82, 2.24) is 0 Å². The molecule has 1 fully saturated rings. The molecule has 0 bridgehead atoms. The van der Waals surface area contributed by atoms with Crippen LogP contribution in [0.1, 0.15) is 39.0 Å². The van der Waals surface area contributed by atoms with Gasteiger partial charge in [0.05, 0.1) is 12.4 Å². The van der Waals surface area contributed by atoms with Gasteiger partial charge in [0.1, 0.15) is 0 Å². The minimum Gasteiger partial charge on any atom is -0.498 e. The zero-order valence-corrected chi connectivity index (χ0v) is 8.79. The van der Waals surface area contributed by atoms with Crippen LogP contribution in [-0.4, -0.2) is 12.4 Å². The number of fused-ring (bicyclic) bond motifs is 1. The normalized spacial score (nSPS) is 32.1. The molecular weight excluding hydrogens is 176 g/mol. The summed E-state index contributed by atoms with van der Waals surface area (Å²) in [6.07, 6.45) is 7.54. The maximum atomic E-state index is 11.8. The zero-order chi connectivity index (χ0) is 9.97. The highest BCUT2D eigenvalue weighted by atomic mass is 16.5. The van der Waals surface area contributed by atoms with E-state index in [-0.39, 0.29) is 0 Å². The van der Waals surface area contributed by atoms with Gasteiger partial charge in [-0.1, -0.05) is 12.8 Å². The van der Waals surface area contributed by atoms with Gasteiger partial charge in [-0.25, -0.2) is 0 Å². The molecule has 0 N–H and O–H groups in total. The highest BCUT2D eigenvalue weighted by Gasteiger charge is 2.34. The SMILES string of the molecule is CCOC1=CC(=O)[C@H]2CCCC[C@@H]2C1. The highest BCUT2D eigenvalue weighted by molar-refractivity contribution is 5.93. The first-order valence-corrected chi connectivity index (χ1v) is 5.68. The Morgan fingerprint density at radius 1 is 1.43 bits per heavy atom. The molecular formula is C12H18O2. The van der Waals surface area contributed by atoms with Crippen molar-refractivity contribution < 1.29 is 9.53 Å². The van der Waals surface area contributed by atoms with Crippen molar-refractivity contribution in [2.24, 2.45) is 11.8 Å². The smallest absolute Gasteiger partial charge is 0.162 e. The third kappa shape index (κ3) is 1.84. The summed E-state index contributed by atoms with van der Waals surface area (Å²) in [5.74, 6) is 2.11. The van der Waals surface area contributed by atoms with E-state index in [1.54, 1.807) is 6.08 Å². The number of hydrogen-bond acceptors (Lipinski definition) is 2. The van der Waals surface area contributed by atoms with Gasteiger partial charge < -0.3 is 4.74 Å². The van der Waals surface area contributed by atoms with E-state index >= 15 is 0 Å². The summed E-state index contributed by atoms with van der Waals surface area (Å²) in [5, 5.41) is 0. The van der Waals surface area contributed by atoms with Crippen LogP contribution >= 0.6 is 0 Å². The quantitative estimate of drug-likeness (QED) is 0.675. The minimum absolute atomic E-state index is 0.310. The summed E-state index contributed by atoms with van der Waals surface area (Å²) in [4.78, 5) is 11.8. The number of carbonyl (C=O) groups excluding carboxylic acids is 1. The van der Waals surface area contributed by atoms with Gasteiger partial charge in [0.25, 0.3) is 0 Å². The lowest BCUT2D eigenvalue weighted by atomic mass is 9.72. The summed E-state index contributed by atoms with van der Waals surface area (Å²) in [5.41, 5.74) is 0. The molecule has 14 heavy (non-hydrogen) atoms. The summed E-state index contributed by atoms with van der Waals surface area (Å²) >= 11 is 0. The van der Waals surface area contributed by atoms with Crippen molar-refractivity contribution in [2.45, 2.75) is 39.0 Å². The molecule has 0 aromatic carbocycles. The molecule has 0 aromatic rings. The zero-order valence-electron chi connectivity index (χ0n) is 8.79. The molecule has 2 aliphatic rings. The largest absolute Gasteiger partial charge is 0.498 e. The second-order valence-corrected chi connectivity index (χ2v) is 4.30. The number of ketones is 1. The Morgan fingerprint density at radius 2 is 2.21 bits per heavy atom. The molecule has 0 saturated heterocycles. The second kappa shape index (κ2) is 4.16. The van der Waals surface area contributed by atoms with Crippen LogP contribution in [0.3, 0.4) is 0 Å². The van der Waals surface area contributed by atoms with E-state index in [9.17, 15) is 4.79 Å². The molecule has 2 atom stereocenters. The van der Waals surface area contributed by atoms with Gasteiger partial charge in [-0.15, -0.1) is 0 Å². The van der Waals surface area contributed by atoms with E-state index in [0.717, 1.165) is 18.6 Å². The first-order valence-electron chi connectivity index (χ1n) is 5.68. The third-order valence-electron chi connectivity index (χ3n) is 3.37. The number of rotatable bonds is 2. The summed E-state index contributed by atoms with van der Waals surface area (Å²) in [6, 6.07) is 0. The van der Waals surface area contributed by atoms with E-state index in [4.69, 9.17) is 4.74 Å². The Balaban J connectivity index is 2.09. The van der Waals surface area contributed by atoms with Gasteiger partial charge in [-0.3, -0.25) is 4.79 Å². The monoisotopic (exact) mass is 194 g/mol. The summed E-state index contributed by atoms with van der Waals surface area (Å²) in [6.45, 7) is 2.65. The molecule has 0 aliphatic heterocycles. The molecule has 0 amide bonds. The Bertz CT molecular complexity index is 255. The summed E-state index contributed by atoms with van der Waals surface area (Å²) in [7, 11) is 0. The maximum Gasteiger partial charge on any atom is 0.162 e. The van der Waals surface area contributed by atoms with Crippen LogP contribution in [0.25, 0.3) is 0 Å². The first kappa shape index (κ1) is 9.75. The van der Waals surface area contributed by atoms with Gasteiger partial charge >= 0.3 is 0 Å². The third-order valence-corrected chi connectivity index (χ3v) is 3.37. The number of hydrogen-bond donors (Lipinski definition) is 0. The number of allylic oxidation sites excluding steroid dienone is 2. The molecule has 78 valence electrons. The fraction of sp³-hybridized carbons (Fsp3) is 0.750. The van der Waals surface area contributed by atoms with Crippen LogP contribution in [0.4, 0.5) is 0 Å². The highest BCUT2D eigenvalue weighted by Crippen LogP contribution is 2.38. The van der Waals surface area contributed by atoms with Gasteiger partial charge in [0.15, 0.2) is 5.78 Å². The van der Waals surface area contributed by atoms with Gasteiger partial charge in [-0.2, -0.15) is 0 Å². The standard InChI is InChI=1S/C12H18O2/c1-2-14-10-7-9-5-3-4-6-11(9)12(13)8-10/h8-9,11H,2-7H2,1H3/t9-,11+/m1/s1. The first-order chi connectivity index (χ1) is 6.81. The minimum atomic E-state index is 0.310. The maximum absolute atomic E-state index is 11.8. The van der Waals surface area contributed by atoms with Crippen molar-refractivity contribution in [3.63, 3.8) is 0 Å². The average Bonchev–Trinajstić information content (AvgIpc) is 2.18. The molecule has 0 aromatic heterocycles. The molecule has 2 rings (SSSR count). The topological polar surface area (TPSA) is 26.3 Å². The van der Waals surface area contributed by atoms with Crippen LogP contribution in [0.5, 0.6) is 0 Å². The van der Waals surface area contributed by atoms with Crippen molar-refractivity contribution in [1.29, 1.82) is 0 Å². The Hall–Kier alpha value is -0.790. The van der Waals surface area contributed by atoms with Gasteiger partial charge in [0, 0.05) is 18.4 Å². The Labute approximate surface area is 85.3 Å². The van der Waals surface area contributed by atoms with E-state index in [1.807, 2.05) is 6.92 Å². The van der Waals surface area contributed by atoms with Crippen molar-refractivity contribution in [3.8, 4) is 0 Å². The van der Waals surface area contributed by atoms with Gasteiger partial charge in [0.2, 0.25) is 0 Å². The van der Waals surface area contributed by atoms with Crippen molar-refractivity contribution in [2.75, 3.05) is 6.61 Å². The molecule has 2 nitrogen and oxygen atoms in total. The number of carbonyl (C=O) groups is 1. The predicted molar refractivity (Wildman–Crippen MR) is 54.8 cm³/mol. The molecule has 2 heteroatoms. The second-order valence-electron chi connectivity index (χ2n) is 4.30. The van der Waals surface area contributed by atoms with Crippen LogP contribution < -0.4 is 0 Å². The predicted octanol–water partition coefficient (Wildman–Crippen LogP) is 2.69. The Kier molecular flexibility index (Phi) is 2.90. The number of ether oxygens (including phenoxy) is 1. The molecule has 2 aliphatic carbocycles. The van der Waals surface area contributed by atoms with Crippen molar-refractivity contribution >= 4 is 5.78 Å². The summed E-state index contributed by atoms with van der Waals surface area (Å²) < 4.78 is 5.44.